The second kappa shape index (κ2) is 9.32. The van der Waals surface area contributed by atoms with Crippen molar-refractivity contribution in [1.29, 1.82) is 0 Å². The first-order valence-corrected chi connectivity index (χ1v) is 10.4. The van der Waals surface area contributed by atoms with E-state index in [-0.39, 0.29) is 18.1 Å². The fraction of sp³-hybridized carbons (Fsp3) is 0.632. The maximum atomic E-state index is 11.0. The minimum Gasteiger partial charge on any atom is -0.477 e. The van der Waals surface area contributed by atoms with Crippen LogP contribution in [0.4, 0.5) is 5.13 Å². The van der Waals surface area contributed by atoms with Gasteiger partial charge in [-0.15, -0.1) is 0 Å². The van der Waals surface area contributed by atoms with Gasteiger partial charge in [0.2, 0.25) is 11.8 Å². The van der Waals surface area contributed by atoms with Crippen molar-refractivity contribution in [2.24, 2.45) is 5.92 Å². The molecule has 1 aliphatic rings. The molecule has 1 fully saturated rings. The number of carbonyl (C=O) groups excluding carboxylic acids is 1. The van der Waals surface area contributed by atoms with E-state index in [0.717, 1.165) is 41.3 Å². The highest BCUT2D eigenvalue weighted by Crippen LogP contribution is 2.31. The van der Waals surface area contributed by atoms with Crippen molar-refractivity contribution in [3.63, 3.8) is 0 Å². The van der Waals surface area contributed by atoms with Crippen LogP contribution < -0.4 is 15.4 Å². The van der Waals surface area contributed by atoms with Gasteiger partial charge < -0.3 is 20.1 Å². The molecule has 1 atom stereocenters. The Morgan fingerprint density at radius 1 is 1.37 bits per heavy atom. The first-order valence-electron chi connectivity index (χ1n) is 9.56. The molecule has 0 aromatic carbocycles. The van der Waals surface area contributed by atoms with Gasteiger partial charge in [0.05, 0.1) is 19.3 Å². The summed E-state index contributed by atoms with van der Waals surface area (Å²) in [6, 6.07) is 3.89. The number of rotatable bonds is 10. The number of hydrogen-bond acceptors (Lipinski definition) is 7. The van der Waals surface area contributed by atoms with Gasteiger partial charge in [0, 0.05) is 25.6 Å². The maximum Gasteiger partial charge on any atom is 0.217 e. The van der Waals surface area contributed by atoms with Crippen LogP contribution in [0.15, 0.2) is 12.1 Å². The van der Waals surface area contributed by atoms with Gasteiger partial charge in [-0.25, -0.2) is 9.97 Å². The predicted octanol–water partition coefficient (Wildman–Crippen LogP) is 3.21. The highest BCUT2D eigenvalue weighted by molar-refractivity contribution is 7.21. The Kier molecular flexibility index (Phi) is 6.84. The molecule has 0 radical (unpaired) electrons. The van der Waals surface area contributed by atoms with Gasteiger partial charge >= 0.3 is 0 Å². The molecule has 1 amide bonds. The van der Waals surface area contributed by atoms with Crippen LogP contribution in [0.2, 0.25) is 0 Å². The number of nitrogens with zero attached hydrogens (tertiary/aromatic N) is 2. The summed E-state index contributed by atoms with van der Waals surface area (Å²) >= 11 is 1.56. The molecule has 148 valence electrons. The highest BCUT2D eigenvalue weighted by Gasteiger charge is 2.30. The van der Waals surface area contributed by atoms with E-state index in [2.05, 4.69) is 27.5 Å². The Labute approximate surface area is 163 Å². The van der Waals surface area contributed by atoms with Crippen LogP contribution >= 0.6 is 11.3 Å². The summed E-state index contributed by atoms with van der Waals surface area (Å²) in [5, 5.41) is 7.03. The quantitative estimate of drug-likeness (QED) is 0.646. The zero-order valence-electron chi connectivity index (χ0n) is 16.2. The summed E-state index contributed by atoms with van der Waals surface area (Å²) in [7, 11) is 0. The van der Waals surface area contributed by atoms with E-state index >= 15 is 0 Å². The molecular weight excluding hydrogens is 364 g/mol. The number of fused-ring (bicyclic) bond motifs is 1. The molecule has 2 N–H and O–H groups in total. The van der Waals surface area contributed by atoms with Gasteiger partial charge in [-0.05, 0) is 38.2 Å². The molecule has 0 spiro atoms. The Morgan fingerprint density at radius 2 is 2.19 bits per heavy atom. The molecule has 0 unspecified atom stereocenters. The summed E-state index contributed by atoms with van der Waals surface area (Å²) in [5.74, 6) is 1.12. The van der Waals surface area contributed by atoms with Crippen LogP contribution in [0.1, 0.15) is 40.0 Å². The zero-order chi connectivity index (χ0) is 19.2. The SMILES string of the molecule is CCCNc1nc2ccc(OC[C@H]3C[C@H](OC[C@H](C)NC(C)=O)C3)nc2s1. The Balaban J connectivity index is 1.39. The lowest BCUT2D eigenvalue weighted by Crippen LogP contribution is -2.40. The van der Waals surface area contributed by atoms with Crippen molar-refractivity contribution in [3.05, 3.63) is 12.1 Å². The maximum absolute atomic E-state index is 11.0. The van der Waals surface area contributed by atoms with Crippen molar-refractivity contribution >= 4 is 32.7 Å². The number of hydrogen-bond donors (Lipinski definition) is 2. The van der Waals surface area contributed by atoms with E-state index in [9.17, 15) is 4.79 Å². The normalized spacial score (nSPS) is 20.1. The molecule has 2 aromatic heterocycles. The Morgan fingerprint density at radius 3 is 2.93 bits per heavy atom. The minimum atomic E-state index is -0.0235. The third-order valence-corrected chi connectivity index (χ3v) is 5.37. The molecular formula is C19H28N4O3S. The monoisotopic (exact) mass is 392 g/mol. The van der Waals surface area contributed by atoms with Crippen molar-refractivity contribution in [2.75, 3.05) is 25.1 Å². The third-order valence-electron chi connectivity index (χ3n) is 4.45. The molecule has 0 saturated heterocycles. The van der Waals surface area contributed by atoms with Crippen molar-refractivity contribution < 1.29 is 14.3 Å². The molecule has 3 rings (SSSR count). The van der Waals surface area contributed by atoms with Crippen molar-refractivity contribution in [2.45, 2.75) is 52.2 Å². The average Bonchev–Trinajstić information content (AvgIpc) is 2.99. The van der Waals surface area contributed by atoms with E-state index in [1.165, 1.54) is 6.92 Å². The Bertz CT molecular complexity index is 760. The van der Waals surface area contributed by atoms with E-state index in [1.54, 1.807) is 11.3 Å². The lowest BCUT2D eigenvalue weighted by Gasteiger charge is -2.35. The third kappa shape index (κ3) is 5.77. The molecule has 1 saturated carbocycles. The van der Waals surface area contributed by atoms with E-state index in [4.69, 9.17) is 9.47 Å². The van der Waals surface area contributed by atoms with Gasteiger partial charge in [-0.2, -0.15) is 0 Å². The van der Waals surface area contributed by atoms with Gasteiger partial charge in [-0.1, -0.05) is 18.3 Å². The number of nitrogens with one attached hydrogen (secondary N) is 2. The Hall–Kier alpha value is -1.93. The number of pyridine rings is 1. The lowest BCUT2D eigenvalue weighted by atomic mass is 9.83. The first kappa shape index (κ1) is 19.8. The van der Waals surface area contributed by atoms with E-state index in [0.29, 0.717) is 25.0 Å². The second-order valence-electron chi connectivity index (χ2n) is 7.12. The fourth-order valence-corrected chi connectivity index (χ4v) is 3.86. The van der Waals surface area contributed by atoms with E-state index in [1.807, 2.05) is 19.1 Å². The van der Waals surface area contributed by atoms with Crippen molar-refractivity contribution in [1.82, 2.24) is 15.3 Å². The van der Waals surface area contributed by atoms with Crippen LogP contribution in [0.25, 0.3) is 10.3 Å². The predicted molar refractivity (Wildman–Crippen MR) is 107 cm³/mol. The summed E-state index contributed by atoms with van der Waals surface area (Å²) in [6.07, 6.45) is 3.30. The second-order valence-corrected chi connectivity index (χ2v) is 8.10. The molecule has 1 aliphatic carbocycles. The summed E-state index contributed by atoms with van der Waals surface area (Å²) in [5.41, 5.74) is 0.899. The average molecular weight is 393 g/mol. The number of anilines is 1. The topological polar surface area (TPSA) is 85.4 Å². The van der Waals surface area contributed by atoms with Crippen molar-refractivity contribution in [3.8, 4) is 5.88 Å². The molecule has 7 nitrogen and oxygen atoms in total. The molecule has 0 aliphatic heterocycles. The number of thiazole rings is 1. The number of aromatic nitrogens is 2. The molecule has 8 heteroatoms. The van der Waals surface area contributed by atoms with Gasteiger partial charge in [0.1, 0.15) is 10.3 Å². The summed E-state index contributed by atoms with van der Waals surface area (Å²) in [6.45, 7) is 7.72. The van der Waals surface area contributed by atoms with Gasteiger partial charge in [0.15, 0.2) is 5.13 Å². The van der Waals surface area contributed by atoms with Gasteiger partial charge in [-0.3, -0.25) is 4.79 Å². The fourth-order valence-electron chi connectivity index (χ4n) is 3.01. The number of carbonyl (C=O) groups is 1. The number of ether oxygens (including phenoxy) is 2. The summed E-state index contributed by atoms with van der Waals surface area (Å²) < 4.78 is 11.7. The highest BCUT2D eigenvalue weighted by atomic mass is 32.1. The van der Waals surface area contributed by atoms with Crippen LogP contribution in [0.3, 0.4) is 0 Å². The molecule has 27 heavy (non-hydrogen) atoms. The van der Waals surface area contributed by atoms with E-state index < -0.39 is 0 Å². The van der Waals surface area contributed by atoms with Crippen LogP contribution in [-0.4, -0.2) is 47.8 Å². The summed E-state index contributed by atoms with van der Waals surface area (Å²) in [4.78, 5) is 21.0. The number of amides is 1. The van der Waals surface area contributed by atoms with Crippen LogP contribution in [-0.2, 0) is 9.53 Å². The molecule has 2 heterocycles. The lowest BCUT2D eigenvalue weighted by molar-refractivity contribution is -0.120. The minimum absolute atomic E-state index is 0.0235. The smallest absolute Gasteiger partial charge is 0.217 e. The van der Waals surface area contributed by atoms with Gasteiger partial charge in [0.25, 0.3) is 0 Å². The van der Waals surface area contributed by atoms with Crippen LogP contribution in [0, 0.1) is 5.92 Å². The standard InChI is InChI=1S/C19H28N4O3S/c1-4-7-20-19-22-16-5-6-17(23-18(16)27-19)26-11-14-8-15(9-14)25-10-12(2)21-13(3)24/h5-6,12,14-15H,4,7-11H2,1-3H3,(H,20,22)(H,21,24)/t12-,14-,15-/m0/s1. The largest absolute Gasteiger partial charge is 0.477 e. The molecule has 2 aromatic rings. The first-order chi connectivity index (χ1) is 13.0. The van der Waals surface area contributed by atoms with Crippen LogP contribution in [0.5, 0.6) is 5.88 Å². The zero-order valence-corrected chi connectivity index (χ0v) is 17.0. The molecule has 0 bridgehead atoms.